The molecule has 3 aromatic rings. The highest BCUT2D eigenvalue weighted by molar-refractivity contribution is 6.35. The largest absolute Gasteiger partial charge is 0.423 e. The van der Waals surface area contributed by atoms with E-state index >= 15 is 0 Å². The van der Waals surface area contributed by atoms with Gasteiger partial charge in [0.25, 0.3) is 0 Å². The van der Waals surface area contributed by atoms with Gasteiger partial charge in [-0.2, -0.15) is 0 Å². The molecule has 0 saturated carbocycles. The summed E-state index contributed by atoms with van der Waals surface area (Å²) in [6.07, 6.45) is 0.897. The van der Waals surface area contributed by atoms with E-state index in [1.165, 1.54) is 6.07 Å². The maximum Gasteiger partial charge on any atom is 0.336 e. The first-order chi connectivity index (χ1) is 12.0. The number of rotatable bonds is 5. The third kappa shape index (κ3) is 4.06. The summed E-state index contributed by atoms with van der Waals surface area (Å²) in [6.45, 7) is 4.63. The van der Waals surface area contributed by atoms with Gasteiger partial charge in [0, 0.05) is 34.1 Å². The minimum Gasteiger partial charge on any atom is -0.423 e. The van der Waals surface area contributed by atoms with Crippen LogP contribution in [0.3, 0.4) is 0 Å². The number of hydrogen-bond donors (Lipinski definition) is 1. The van der Waals surface area contributed by atoms with Crippen LogP contribution in [0.1, 0.15) is 36.6 Å². The Labute approximate surface area is 156 Å². The molecule has 0 aliphatic carbocycles. The van der Waals surface area contributed by atoms with Gasteiger partial charge in [-0.05, 0) is 48.2 Å². The Kier molecular flexibility index (Phi) is 5.48. The quantitative estimate of drug-likeness (QED) is 0.597. The number of halogens is 2. The van der Waals surface area contributed by atoms with Crippen molar-refractivity contribution >= 4 is 34.2 Å². The fraction of sp³-hybridized carbons (Fsp3) is 0.250. The van der Waals surface area contributed by atoms with Crippen LogP contribution in [0.4, 0.5) is 0 Å². The summed E-state index contributed by atoms with van der Waals surface area (Å²) in [5.41, 5.74) is 3.30. The lowest BCUT2D eigenvalue weighted by Gasteiger charge is -2.16. The van der Waals surface area contributed by atoms with Crippen molar-refractivity contribution < 1.29 is 4.42 Å². The molecule has 5 heteroatoms. The second-order valence-electron chi connectivity index (χ2n) is 6.04. The topological polar surface area (TPSA) is 42.2 Å². The standard InChI is InChI=1S/C20H19Cl2NO2/c1-3-13-4-6-17-14(9-20(24)25-19(17)8-13)11-23-12(2)16-7-5-15(21)10-18(16)22/h4-10,12,23H,3,11H2,1-2H3/t12-/m1/s1. The maximum absolute atomic E-state index is 11.9. The third-order valence-electron chi connectivity index (χ3n) is 4.33. The molecule has 0 radical (unpaired) electrons. The Bertz CT molecular complexity index is 966. The molecule has 1 N–H and O–H groups in total. The van der Waals surface area contributed by atoms with Crippen LogP contribution in [0.15, 0.2) is 51.7 Å². The smallest absolute Gasteiger partial charge is 0.336 e. The minimum atomic E-state index is -0.338. The van der Waals surface area contributed by atoms with Crippen molar-refractivity contribution in [2.75, 3.05) is 0 Å². The molecule has 3 rings (SSSR count). The Balaban J connectivity index is 1.86. The zero-order valence-electron chi connectivity index (χ0n) is 14.1. The molecular weight excluding hydrogens is 357 g/mol. The van der Waals surface area contributed by atoms with E-state index in [1.54, 1.807) is 6.07 Å². The lowest BCUT2D eigenvalue weighted by molar-refractivity contribution is 0.547. The van der Waals surface area contributed by atoms with Crippen LogP contribution in [0.25, 0.3) is 11.0 Å². The predicted octanol–water partition coefficient (Wildman–Crippen LogP) is 5.51. The molecule has 25 heavy (non-hydrogen) atoms. The Morgan fingerprint density at radius 1 is 1.12 bits per heavy atom. The van der Waals surface area contributed by atoms with Gasteiger partial charge >= 0.3 is 5.63 Å². The second-order valence-corrected chi connectivity index (χ2v) is 6.89. The van der Waals surface area contributed by atoms with E-state index in [2.05, 4.69) is 18.3 Å². The van der Waals surface area contributed by atoms with E-state index < -0.39 is 0 Å². The average molecular weight is 376 g/mol. The van der Waals surface area contributed by atoms with E-state index in [0.717, 1.165) is 28.5 Å². The van der Waals surface area contributed by atoms with Crippen molar-refractivity contribution in [1.29, 1.82) is 0 Å². The average Bonchev–Trinajstić information content (AvgIpc) is 2.58. The molecule has 1 aromatic heterocycles. The highest BCUT2D eigenvalue weighted by Gasteiger charge is 2.12. The fourth-order valence-electron chi connectivity index (χ4n) is 2.87. The lowest BCUT2D eigenvalue weighted by Crippen LogP contribution is -2.19. The molecule has 0 fully saturated rings. The van der Waals surface area contributed by atoms with Gasteiger partial charge in [0.1, 0.15) is 5.58 Å². The summed E-state index contributed by atoms with van der Waals surface area (Å²) in [5.74, 6) is 0. The molecule has 0 aliphatic heterocycles. The van der Waals surface area contributed by atoms with Gasteiger partial charge in [0.15, 0.2) is 0 Å². The summed E-state index contributed by atoms with van der Waals surface area (Å²) in [5, 5.41) is 5.59. The summed E-state index contributed by atoms with van der Waals surface area (Å²) in [4.78, 5) is 11.9. The first-order valence-corrected chi connectivity index (χ1v) is 8.97. The van der Waals surface area contributed by atoms with Gasteiger partial charge < -0.3 is 9.73 Å². The minimum absolute atomic E-state index is 0.0157. The molecule has 3 nitrogen and oxygen atoms in total. The number of aryl methyl sites for hydroxylation is 1. The maximum atomic E-state index is 11.9. The Morgan fingerprint density at radius 2 is 1.92 bits per heavy atom. The molecular formula is C20H19Cl2NO2. The fourth-order valence-corrected chi connectivity index (χ4v) is 3.44. The van der Waals surface area contributed by atoms with E-state index in [0.29, 0.717) is 22.2 Å². The number of nitrogens with one attached hydrogen (secondary N) is 1. The second kappa shape index (κ2) is 7.61. The zero-order chi connectivity index (χ0) is 18.0. The highest BCUT2D eigenvalue weighted by Crippen LogP contribution is 2.27. The number of fused-ring (bicyclic) bond motifs is 1. The molecule has 0 amide bonds. The summed E-state index contributed by atoms with van der Waals surface area (Å²) in [6, 6.07) is 13.0. The lowest BCUT2D eigenvalue weighted by atomic mass is 10.0. The molecule has 0 aliphatic rings. The summed E-state index contributed by atoms with van der Waals surface area (Å²) >= 11 is 12.2. The molecule has 1 heterocycles. The van der Waals surface area contributed by atoms with Crippen LogP contribution in [0.2, 0.25) is 10.0 Å². The summed E-state index contributed by atoms with van der Waals surface area (Å²) in [7, 11) is 0. The van der Waals surface area contributed by atoms with Gasteiger partial charge in [0.05, 0.1) is 0 Å². The summed E-state index contributed by atoms with van der Waals surface area (Å²) < 4.78 is 5.35. The molecule has 130 valence electrons. The van der Waals surface area contributed by atoms with Gasteiger partial charge in [-0.3, -0.25) is 0 Å². The van der Waals surface area contributed by atoms with Gasteiger partial charge in [0.2, 0.25) is 0 Å². The molecule has 1 atom stereocenters. The molecule has 2 aromatic carbocycles. The van der Waals surface area contributed by atoms with Crippen molar-refractivity contribution in [3.8, 4) is 0 Å². The first kappa shape index (κ1) is 18.0. The van der Waals surface area contributed by atoms with Crippen LogP contribution in [-0.4, -0.2) is 0 Å². The van der Waals surface area contributed by atoms with Gasteiger partial charge in [-0.25, -0.2) is 4.79 Å². The molecule has 0 spiro atoms. The molecule has 0 saturated heterocycles. The zero-order valence-corrected chi connectivity index (χ0v) is 15.6. The normalized spacial score (nSPS) is 12.5. The predicted molar refractivity (Wildman–Crippen MR) is 104 cm³/mol. The van der Waals surface area contributed by atoms with E-state index in [4.69, 9.17) is 27.6 Å². The van der Waals surface area contributed by atoms with Gasteiger partial charge in [-0.1, -0.05) is 48.3 Å². The van der Waals surface area contributed by atoms with E-state index in [-0.39, 0.29) is 11.7 Å². The van der Waals surface area contributed by atoms with E-state index in [9.17, 15) is 4.79 Å². The Hall–Kier alpha value is -1.81. The molecule has 0 bridgehead atoms. The van der Waals surface area contributed by atoms with Crippen LogP contribution < -0.4 is 10.9 Å². The van der Waals surface area contributed by atoms with E-state index in [1.807, 2.05) is 31.2 Å². The highest BCUT2D eigenvalue weighted by atomic mass is 35.5. The Morgan fingerprint density at radius 3 is 2.64 bits per heavy atom. The van der Waals surface area contributed by atoms with Crippen molar-refractivity contribution in [3.63, 3.8) is 0 Å². The SMILES string of the molecule is CCc1ccc2c(CN[C@H](C)c3ccc(Cl)cc3Cl)cc(=O)oc2c1. The van der Waals surface area contributed by atoms with Crippen LogP contribution in [0.5, 0.6) is 0 Å². The first-order valence-electron chi connectivity index (χ1n) is 8.22. The van der Waals surface area contributed by atoms with Crippen molar-refractivity contribution in [1.82, 2.24) is 5.32 Å². The van der Waals surface area contributed by atoms with Crippen molar-refractivity contribution in [2.24, 2.45) is 0 Å². The van der Waals surface area contributed by atoms with Crippen LogP contribution in [0, 0.1) is 0 Å². The number of benzene rings is 2. The van der Waals surface area contributed by atoms with Crippen molar-refractivity contribution in [3.05, 3.63) is 79.6 Å². The monoisotopic (exact) mass is 375 g/mol. The van der Waals surface area contributed by atoms with Crippen molar-refractivity contribution in [2.45, 2.75) is 32.9 Å². The number of hydrogen-bond acceptors (Lipinski definition) is 3. The van der Waals surface area contributed by atoms with Gasteiger partial charge in [-0.15, -0.1) is 0 Å². The molecule has 0 unspecified atom stereocenters. The third-order valence-corrected chi connectivity index (χ3v) is 4.89. The van der Waals surface area contributed by atoms with Crippen LogP contribution >= 0.6 is 23.2 Å². The van der Waals surface area contributed by atoms with Crippen LogP contribution in [-0.2, 0) is 13.0 Å².